The van der Waals surface area contributed by atoms with E-state index in [4.69, 9.17) is 9.72 Å². The van der Waals surface area contributed by atoms with E-state index in [2.05, 4.69) is 10.2 Å². The predicted molar refractivity (Wildman–Crippen MR) is 111 cm³/mol. The van der Waals surface area contributed by atoms with Crippen molar-refractivity contribution in [3.63, 3.8) is 0 Å². The minimum Gasteiger partial charge on any atom is -0.497 e. The third-order valence-electron chi connectivity index (χ3n) is 5.12. The van der Waals surface area contributed by atoms with Crippen LogP contribution in [-0.2, 0) is 4.79 Å². The molecule has 3 aromatic rings. The molecule has 0 atom stereocenters. The molecule has 1 aliphatic rings. The first-order valence-corrected chi connectivity index (χ1v) is 10.0. The number of amides is 1. The molecule has 140 valence electrons. The minimum atomic E-state index is 0.0512. The van der Waals surface area contributed by atoms with Gasteiger partial charge in [-0.1, -0.05) is 29.5 Å². The largest absolute Gasteiger partial charge is 0.497 e. The second-order valence-corrected chi connectivity index (χ2v) is 7.90. The Labute approximate surface area is 163 Å². The van der Waals surface area contributed by atoms with Gasteiger partial charge in [0.25, 0.3) is 0 Å². The fourth-order valence-corrected chi connectivity index (χ4v) is 4.48. The molecule has 27 heavy (non-hydrogen) atoms. The maximum Gasteiger partial charge on any atom is 0.227 e. The van der Waals surface area contributed by atoms with E-state index >= 15 is 0 Å². The van der Waals surface area contributed by atoms with E-state index in [1.54, 1.807) is 18.4 Å². The van der Waals surface area contributed by atoms with Crippen molar-refractivity contribution >= 4 is 38.3 Å². The number of benzene rings is 2. The van der Waals surface area contributed by atoms with E-state index in [9.17, 15) is 4.79 Å². The highest BCUT2D eigenvalue weighted by molar-refractivity contribution is 7.22. The van der Waals surface area contributed by atoms with Gasteiger partial charge in [-0.25, -0.2) is 4.98 Å². The summed E-state index contributed by atoms with van der Waals surface area (Å²) in [5, 5.41) is 4.11. The predicted octanol–water partition coefficient (Wildman–Crippen LogP) is 4.47. The Morgan fingerprint density at radius 1 is 1.22 bits per heavy atom. The first-order chi connectivity index (χ1) is 13.1. The Morgan fingerprint density at radius 2 is 2.00 bits per heavy atom. The van der Waals surface area contributed by atoms with Gasteiger partial charge in [0.1, 0.15) is 5.75 Å². The minimum absolute atomic E-state index is 0.0512. The average molecular weight is 382 g/mol. The van der Waals surface area contributed by atoms with Crippen molar-refractivity contribution < 1.29 is 9.53 Å². The first kappa shape index (κ1) is 17.8. The molecule has 1 amide bonds. The van der Waals surface area contributed by atoms with Gasteiger partial charge in [-0.05, 0) is 49.6 Å². The van der Waals surface area contributed by atoms with Crippen LogP contribution in [0, 0.1) is 12.8 Å². The molecule has 0 radical (unpaired) electrons. The number of nitrogens with zero attached hydrogens (tertiary/aromatic N) is 2. The van der Waals surface area contributed by atoms with Gasteiger partial charge in [0.2, 0.25) is 5.91 Å². The highest BCUT2D eigenvalue weighted by Gasteiger charge is 2.26. The van der Waals surface area contributed by atoms with Crippen molar-refractivity contribution in [1.82, 2.24) is 4.98 Å². The molecule has 0 spiro atoms. The van der Waals surface area contributed by atoms with Crippen LogP contribution in [-0.4, -0.2) is 31.1 Å². The first-order valence-electron chi connectivity index (χ1n) is 9.20. The number of para-hydroxylation sites is 1. The van der Waals surface area contributed by atoms with Crippen molar-refractivity contribution in [3.05, 3.63) is 48.0 Å². The van der Waals surface area contributed by atoms with Crippen LogP contribution < -0.4 is 15.0 Å². The number of carbonyl (C=O) groups is 1. The van der Waals surface area contributed by atoms with Crippen LogP contribution in [0.15, 0.2) is 42.5 Å². The lowest BCUT2D eigenvalue weighted by Crippen LogP contribution is -2.38. The van der Waals surface area contributed by atoms with Crippen molar-refractivity contribution in [1.29, 1.82) is 0 Å². The number of anilines is 2. The second-order valence-electron chi connectivity index (χ2n) is 6.90. The topological polar surface area (TPSA) is 54.5 Å². The molecular weight excluding hydrogens is 358 g/mol. The quantitative estimate of drug-likeness (QED) is 0.724. The van der Waals surface area contributed by atoms with E-state index in [0.29, 0.717) is 0 Å². The molecule has 0 bridgehead atoms. The standard InChI is InChI=1S/C21H23N3O2S/c1-14-5-3-4-6-17(14)22-20(25)15-9-11-24(12-10-15)21-23-18-8-7-16(26-2)13-19(18)27-21/h3-8,13,15H,9-12H2,1-2H3,(H,22,25). The summed E-state index contributed by atoms with van der Waals surface area (Å²) >= 11 is 1.68. The summed E-state index contributed by atoms with van der Waals surface area (Å²) < 4.78 is 6.42. The van der Waals surface area contributed by atoms with E-state index in [0.717, 1.165) is 58.3 Å². The molecule has 1 aromatic heterocycles. The Bertz CT molecular complexity index is 961. The smallest absolute Gasteiger partial charge is 0.227 e. The zero-order valence-electron chi connectivity index (χ0n) is 15.6. The van der Waals surface area contributed by atoms with Crippen molar-refractivity contribution in [3.8, 4) is 5.75 Å². The van der Waals surface area contributed by atoms with Crippen molar-refractivity contribution in [2.45, 2.75) is 19.8 Å². The summed E-state index contributed by atoms with van der Waals surface area (Å²) in [5.74, 6) is 1.03. The molecule has 1 aliphatic heterocycles. The Hall–Kier alpha value is -2.60. The van der Waals surface area contributed by atoms with Crippen molar-refractivity contribution in [2.75, 3.05) is 30.4 Å². The van der Waals surface area contributed by atoms with Gasteiger partial charge in [0, 0.05) is 24.7 Å². The second kappa shape index (κ2) is 7.56. The monoisotopic (exact) mass is 381 g/mol. The van der Waals surface area contributed by atoms with Gasteiger partial charge in [-0.15, -0.1) is 0 Å². The third-order valence-corrected chi connectivity index (χ3v) is 6.20. The van der Waals surface area contributed by atoms with Crippen LogP contribution in [0.4, 0.5) is 10.8 Å². The van der Waals surface area contributed by atoms with Crippen LogP contribution >= 0.6 is 11.3 Å². The molecule has 2 heterocycles. The zero-order chi connectivity index (χ0) is 18.8. The molecule has 5 nitrogen and oxygen atoms in total. The van der Waals surface area contributed by atoms with Crippen LogP contribution in [0.5, 0.6) is 5.75 Å². The maximum atomic E-state index is 12.6. The van der Waals surface area contributed by atoms with Crippen LogP contribution in [0.2, 0.25) is 0 Å². The lowest BCUT2D eigenvalue weighted by Gasteiger charge is -2.31. The number of carbonyl (C=O) groups excluding carboxylic acids is 1. The van der Waals surface area contributed by atoms with Gasteiger partial charge in [0.05, 0.1) is 17.3 Å². The summed E-state index contributed by atoms with van der Waals surface area (Å²) in [7, 11) is 1.68. The molecule has 4 rings (SSSR count). The fraction of sp³-hybridized carbons (Fsp3) is 0.333. The molecular formula is C21H23N3O2S. The van der Waals surface area contributed by atoms with E-state index < -0.39 is 0 Å². The number of fused-ring (bicyclic) bond motifs is 1. The van der Waals surface area contributed by atoms with E-state index in [1.165, 1.54) is 0 Å². The molecule has 1 N–H and O–H groups in total. The normalized spacial score (nSPS) is 15.1. The molecule has 2 aromatic carbocycles. The summed E-state index contributed by atoms with van der Waals surface area (Å²) in [6.45, 7) is 3.71. The summed E-state index contributed by atoms with van der Waals surface area (Å²) in [5.41, 5.74) is 2.99. The number of nitrogens with one attached hydrogen (secondary N) is 1. The van der Waals surface area contributed by atoms with E-state index in [-0.39, 0.29) is 11.8 Å². The van der Waals surface area contributed by atoms with E-state index in [1.807, 2.05) is 49.4 Å². The van der Waals surface area contributed by atoms with Crippen LogP contribution in [0.25, 0.3) is 10.2 Å². The molecule has 0 unspecified atom stereocenters. The number of rotatable bonds is 4. The molecule has 0 saturated carbocycles. The Morgan fingerprint density at radius 3 is 2.74 bits per heavy atom. The Kier molecular flexibility index (Phi) is 4.99. The summed E-state index contributed by atoms with van der Waals surface area (Å²) in [6, 6.07) is 13.9. The van der Waals surface area contributed by atoms with Gasteiger partial charge in [-0.3, -0.25) is 4.79 Å². The molecule has 1 fully saturated rings. The average Bonchev–Trinajstić information content (AvgIpc) is 3.13. The number of thiazole rings is 1. The lowest BCUT2D eigenvalue weighted by atomic mass is 9.96. The highest BCUT2D eigenvalue weighted by Crippen LogP contribution is 2.33. The number of ether oxygens (including phenoxy) is 1. The maximum absolute atomic E-state index is 12.6. The van der Waals surface area contributed by atoms with Crippen LogP contribution in [0.1, 0.15) is 18.4 Å². The number of piperidine rings is 1. The number of aromatic nitrogens is 1. The molecule has 6 heteroatoms. The third kappa shape index (κ3) is 3.76. The fourth-order valence-electron chi connectivity index (χ4n) is 3.44. The van der Waals surface area contributed by atoms with Gasteiger partial charge < -0.3 is 15.0 Å². The lowest BCUT2D eigenvalue weighted by molar-refractivity contribution is -0.120. The molecule has 0 aliphatic carbocycles. The SMILES string of the molecule is COc1ccc2nc(N3CCC(C(=O)Nc4ccccc4C)CC3)sc2c1. The molecule has 1 saturated heterocycles. The number of aryl methyl sites for hydroxylation is 1. The van der Waals surface area contributed by atoms with Gasteiger partial charge in [-0.2, -0.15) is 0 Å². The van der Waals surface area contributed by atoms with Gasteiger partial charge in [0.15, 0.2) is 5.13 Å². The number of hydrogen-bond acceptors (Lipinski definition) is 5. The van der Waals surface area contributed by atoms with Crippen molar-refractivity contribution in [2.24, 2.45) is 5.92 Å². The number of methoxy groups -OCH3 is 1. The summed E-state index contributed by atoms with van der Waals surface area (Å²) in [6.07, 6.45) is 1.69. The highest BCUT2D eigenvalue weighted by atomic mass is 32.1. The Balaban J connectivity index is 1.40. The summed E-state index contributed by atoms with van der Waals surface area (Å²) in [4.78, 5) is 19.7. The zero-order valence-corrected chi connectivity index (χ0v) is 16.4. The van der Waals surface area contributed by atoms with Gasteiger partial charge >= 0.3 is 0 Å². The number of hydrogen-bond donors (Lipinski definition) is 1. The van der Waals surface area contributed by atoms with Crippen LogP contribution in [0.3, 0.4) is 0 Å².